The van der Waals surface area contributed by atoms with Gasteiger partial charge in [0.15, 0.2) is 0 Å². The second-order valence-corrected chi connectivity index (χ2v) is 7.18. The summed E-state index contributed by atoms with van der Waals surface area (Å²) in [5, 5.41) is 12.3. The number of halogens is 5. The molecule has 0 aliphatic heterocycles. The number of aromatic nitrogens is 2. The molecule has 27 heavy (non-hydrogen) atoms. The number of benzene rings is 1. The molecule has 1 aromatic carbocycles. The fourth-order valence-corrected chi connectivity index (χ4v) is 4.02. The highest BCUT2D eigenvalue weighted by atomic mass is 32.1. The maximum atomic E-state index is 14.1. The van der Waals surface area contributed by atoms with Crippen LogP contribution in [0.4, 0.5) is 22.0 Å². The van der Waals surface area contributed by atoms with Crippen molar-refractivity contribution in [1.82, 2.24) is 9.55 Å². The van der Waals surface area contributed by atoms with Crippen LogP contribution in [-0.4, -0.2) is 20.6 Å². The lowest BCUT2D eigenvalue weighted by molar-refractivity contribution is -0.121. The Balaban J connectivity index is 1.94. The first-order valence-corrected chi connectivity index (χ1v) is 8.95. The molecule has 1 atom stereocenters. The molecule has 1 aliphatic rings. The Hall–Kier alpha value is -2.26. The average molecular weight is 400 g/mol. The number of hydrogen-bond donors (Lipinski definition) is 1. The summed E-state index contributed by atoms with van der Waals surface area (Å²) in [6.07, 6.45) is -2.70. The normalized spacial score (nSPS) is 18.7. The van der Waals surface area contributed by atoms with Crippen LogP contribution >= 0.6 is 11.3 Å². The van der Waals surface area contributed by atoms with Crippen molar-refractivity contribution in [2.24, 2.45) is 0 Å². The van der Waals surface area contributed by atoms with Crippen LogP contribution in [0.25, 0.3) is 16.3 Å². The van der Waals surface area contributed by atoms with Gasteiger partial charge in [0.2, 0.25) is 0 Å². The summed E-state index contributed by atoms with van der Waals surface area (Å²) >= 11 is 1.21. The number of thiazole rings is 1. The number of hydrogen-bond acceptors (Lipinski definition) is 3. The number of alkyl halides is 4. The van der Waals surface area contributed by atoms with Gasteiger partial charge in [0.05, 0.1) is 5.56 Å². The first-order valence-electron chi connectivity index (χ1n) is 8.07. The van der Waals surface area contributed by atoms with Gasteiger partial charge < -0.3 is 9.67 Å². The monoisotopic (exact) mass is 400 g/mol. The van der Waals surface area contributed by atoms with Crippen molar-refractivity contribution in [2.75, 3.05) is 0 Å². The van der Waals surface area contributed by atoms with Crippen LogP contribution < -0.4 is 0 Å². The van der Waals surface area contributed by atoms with E-state index in [0.717, 1.165) is 12.1 Å². The Bertz CT molecular complexity index is 984. The van der Waals surface area contributed by atoms with E-state index in [9.17, 15) is 27.1 Å². The molecule has 3 nitrogen and oxygen atoms in total. The second-order valence-electron chi connectivity index (χ2n) is 6.28. The third kappa shape index (κ3) is 2.94. The van der Waals surface area contributed by atoms with Gasteiger partial charge in [0.1, 0.15) is 16.9 Å². The van der Waals surface area contributed by atoms with E-state index in [-0.39, 0.29) is 17.7 Å². The molecule has 0 radical (unpaired) electrons. The van der Waals surface area contributed by atoms with Crippen molar-refractivity contribution in [1.29, 1.82) is 0 Å². The standard InChI is InChI=1S/C18H13F5N2OS/c19-12-2-1-9(7-10(12)16(20)21)25-8-11(17-24-5-6-27-17)14-13(25)3-4-18(22,23)15(14)26/h1-2,5-8,15-16,26H,3-4H2/t15-/m0/s1. The van der Waals surface area contributed by atoms with E-state index in [2.05, 4.69) is 4.98 Å². The molecule has 0 bridgehead atoms. The van der Waals surface area contributed by atoms with Crippen molar-refractivity contribution < 1.29 is 27.1 Å². The van der Waals surface area contributed by atoms with Gasteiger partial charge in [0.25, 0.3) is 12.3 Å². The van der Waals surface area contributed by atoms with Crippen molar-refractivity contribution in [3.8, 4) is 16.3 Å². The lowest BCUT2D eigenvalue weighted by Gasteiger charge is -2.29. The molecule has 2 aromatic heterocycles. The quantitative estimate of drug-likeness (QED) is 0.607. The highest BCUT2D eigenvalue weighted by Gasteiger charge is 2.46. The number of aliphatic hydroxyl groups is 1. The van der Waals surface area contributed by atoms with Crippen LogP contribution in [0, 0.1) is 5.82 Å². The number of rotatable bonds is 3. The smallest absolute Gasteiger partial charge is 0.278 e. The fourth-order valence-electron chi connectivity index (χ4n) is 3.36. The lowest BCUT2D eigenvalue weighted by atomic mass is 9.89. The molecule has 0 saturated heterocycles. The van der Waals surface area contributed by atoms with Crippen LogP contribution in [0.5, 0.6) is 0 Å². The number of nitrogens with zero attached hydrogens (tertiary/aromatic N) is 2. The van der Waals surface area contributed by atoms with E-state index >= 15 is 0 Å². The molecular weight excluding hydrogens is 387 g/mol. The Labute approximate surface area is 154 Å². The van der Waals surface area contributed by atoms with Crippen LogP contribution in [-0.2, 0) is 6.42 Å². The van der Waals surface area contributed by atoms with Crippen LogP contribution in [0.1, 0.15) is 35.8 Å². The molecule has 0 fully saturated rings. The molecule has 1 aliphatic carbocycles. The average Bonchev–Trinajstić information content (AvgIpc) is 3.26. The van der Waals surface area contributed by atoms with Crippen LogP contribution in [0.15, 0.2) is 36.0 Å². The zero-order chi connectivity index (χ0) is 19.3. The molecule has 1 N–H and O–H groups in total. The highest BCUT2D eigenvalue weighted by Crippen LogP contribution is 2.47. The van der Waals surface area contributed by atoms with Gasteiger partial charge >= 0.3 is 0 Å². The second kappa shape index (κ2) is 6.42. The van der Waals surface area contributed by atoms with Crippen LogP contribution in [0.2, 0.25) is 0 Å². The van der Waals surface area contributed by atoms with E-state index in [0.29, 0.717) is 16.3 Å². The maximum absolute atomic E-state index is 14.1. The van der Waals surface area contributed by atoms with Crippen molar-refractivity contribution in [3.63, 3.8) is 0 Å². The summed E-state index contributed by atoms with van der Waals surface area (Å²) in [4.78, 5) is 4.11. The summed E-state index contributed by atoms with van der Waals surface area (Å²) in [7, 11) is 0. The van der Waals surface area contributed by atoms with Crippen molar-refractivity contribution in [2.45, 2.75) is 31.3 Å². The summed E-state index contributed by atoms with van der Waals surface area (Å²) in [5.41, 5.74) is 0.167. The molecule has 0 spiro atoms. The first-order chi connectivity index (χ1) is 12.8. The Morgan fingerprint density at radius 1 is 1.30 bits per heavy atom. The van der Waals surface area contributed by atoms with Gasteiger partial charge in [-0.15, -0.1) is 11.3 Å². The molecule has 9 heteroatoms. The summed E-state index contributed by atoms with van der Waals surface area (Å²) in [6.45, 7) is 0. The molecule has 142 valence electrons. The maximum Gasteiger partial charge on any atom is 0.278 e. The molecule has 4 rings (SSSR count). The van der Waals surface area contributed by atoms with Gasteiger partial charge in [-0.2, -0.15) is 0 Å². The molecule has 0 saturated carbocycles. The summed E-state index contributed by atoms with van der Waals surface area (Å²) < 4.78 is 69.4. The van der Waals surface area contributed by atoms with E-state index in [1.54, 1.807) is 5.38 Å². The Morgan fingerprint density at radius 2 is 2.07 bits per heavy atom. The SMILES string of the molecule is O[C@H]1c2c(-c3nccs3)cn(-c3ccc(F)c(C(F)F)c3)c2CCC1(F)F. The Kier molecular flexibility index (Phi) is 4.31. The predicted molar refractivity (Wildman–Crippen MR) is 90.0 cm³/mol. The first kappa shape index (κ1) is 18.1. The minimum Gasteiger partial charge on any atom is -0.382 e. The molecule has 0 amide bonds. The summed E-state index contributed by atoms with van der Waals surface area (Å²) in [6, 6.07) is 3.21. The minimum absolute atomic E-state index is 0.0316. The van der Waals surface area contributed by atoms with Crippen molar-refractivity contribution in [3.05, 3.63) is 58.6 Å². The van der Waals surface area contributed by atoms with Gasteiger partial charge in [-0.1, -0.05) is 0 Å². The minimum atomic E-state index is -3.30. The van der Waals surface area contributed by atoms with Crippen molar-refractivity contribution >= 4 is 11.3 Å². The Morgan fingerprint density at radius 3 is 2.74 bits per heavy atom. The molecule has 2 heterocycles. The largest absolute Gasteiger partial charge is 0.382 e. The third-order valence-corrected chi connectivity index (χ3v) is 5.48. The van der Waals surface area contributed by atoms with E-state index in [4.69, 9.17) is 0 Å². The lowest BCUT2D eigenvalue weighted by Crippen LogP contribution is -2.32. The topological polar surface area (TPSA) is 38.1 Å². The molecule has 0 unspecified atom stereocenters. The molecule has 3 aromatic rings. The predicted octanol–water partition coefficient (Wildman–Crippen LogP) is 5.29. The highest BCUT2D eigenvalue weighted by molar-refractivity contribution is 7.13. The van der Waals surface area contributed by atoms with Crippen LogP contribution in [0.3, 0.4) is 0 Å². The zero-order valence-corrected chi connectivity index (χ0v) is 14.5. The summed E-state index contributed by atoms with van der Waals surface area (Å²) in [5.74, 6) is -4.34. The van der Waals surface area contributed by atoms with E-state index < -0.39 is 36.3 Å². The van der Waals surface area contributed by atoms with Gasteiger partial charge in [-0.25, -0.2) is 26.9 Å². The zero-order valence-electron chi connectivity index (χ0n) is 13.7. The van der Waals surface area contributed by atoms with E-state index in [1.807, 2.05) is 0 Å². The van der Waals surface area contributed by atoms with Gasteiger partial charge in [-0.3, -0.25) is 0 Å². The van der Waals surface area contributed by atoms with E-state index in [1.165, 1.54) is 34.4 Å². The van der Waals surface area contributed by atoms with Gasteiger partial charge in [0, 0.05) is 46.7 Å². The van der Waals surface area contributed by atoms with Gasteiger partial charge in [-0.05, 0) is 24.6 Å². The number of aliphatic hydroxyl groups excluding tert-OH is 1. The molecular formula is C18H13F5N2OS. The fraction of sp³-hybridized carbons (Fsp3) is 0.278. The third-order valence-electron chi connectivity index (χ3n) is 4.67. The number of fused-ring (bicyclic) bond motifs is 1.